The third-order valence-corrected chi connectivity index (χ3v) is 6.61. The predicted molar refractivity (Wildman–Crippen MR) is 91.7 cm³/mol. The van der Waals surface area contributed by atoms with Gasteiger partial charge in [0.15, 0.2) is 0 Å². The Hall–Kier alpha value is -1.40. The first-order chi connectivity index (χ1) is 10.8. The van der Waals surface area contributed by atoms with Gasteiger partial charge in [0.1, 0.15) is 0 Å². The fourth-order valence-corrected chi connectivity index (χ4v) is 4.20. The van der Waals surface area contributed by atoms with Crippen LogP contribution in [0.15, 0.2) is 30.3 Å². The number of hydrogen-bond donors (Lipinski definition) is 0. The van der Waals surface area contributed by atoms with Crippen molar-refractivity contribution in [3.05, 3.63) is 35.9 Å². The summed E-state index contributed by atoms with van der Waals surface area (Å²) in [6.45, 7) is 5.58. The molecule has 1 saturated heterocycles. The van der Waals surface area contributed by atoms with Crippen molar-refractivity contribution in [1.82, 2.24) is 9.21 Å². The molecule has 1 aliphatic rings. The molecule has 3 unspecified atom stereocenters. The molecule has 3 atom stereocenters. The monoisotopic (exact) mass is 338 g/mol. The Morgan fingerprint density at radius 2 is 1.87 bits per heavy atom. The maximum absolute atomic E-state index is 12.6. The number of hydrogen-bond acceptors (Lipinski definition) is 3. The number of rotatable bonds is 5. The van der Waals surface area contributed by atoms with Crippen LogP contribution in [0.3, 0.4) is 0 Å². The molecule has 0 radical (unpaired) electrons. The average molecular weight is 338 g/mol. The van der Waals surface area contributed by atoms with Crippen molar-refractivity contribution < 1.29 is 13.2 Å². The van der Waals surface area contributed by atoms with Gasteiger partial charge < -0.3 is 4.90 Å². The smallest absolute Gasteiger partial charge is 0.238 e. The van der Waals surface area contributed by atoms with Gasteiger partial charge in [-0.15, -0.1) is 0 Å². The van der Waals surface area contributed by atoms with E-state index in [1.165, 1.54) is 12.6 Å². The van der Waals surface area contributed by atoms with Crippen LogP contribution in [0.2, 0.25) is 0 Å². The third kappa shape index (κ3) is 3.75. The second kappa shape index (κ2) is 7.01. The zero-order chi connectivity index (χ0) is 17.2. The highest BCUT2D eigenvalue weighted by atomic mass is 32.2. The van der Waals surface area contributed by atoms with Crippen molar-refractivity contribution in [2.45, 2.75) is 45.2 Å². The lowest BCUT2D eigenvalue weighted by Gasteiger charge is -2.29. The second-order valence-electron chi connectivity index (χ2n) is 6.30. The van der Waals surface area contributed by atoms with E-state index in [2.05, 4.69) is 12.1 Å². The highest BCUT2D eigenvalue weighted by Gasteiger charge is 2.40. The molecule has 128 valence electrons. The number of sulfonamides is 1. The second-order valence-corrected chi connectivity index (χ2v) is 8.66. The lowest BCUT2D eigenvalue weighted by atomic mass is 9.92. The van der Waals surface area contributed by atoms with Gasteiger partial charge in [-0.2, -0.15) is 4.31 Å². The first kappa shape index (κ1) is 17.9. The van der Waals surface area contributed by atoms with Crippen LogP contribution in [0, 0.1) is 0 Å². The van der Waals surface area contributed by atoms with Crippen LogP contribution in [0.1, 0.15) is 38.7 Å². The first-order valence-electron chi connectivity index (χ1n) is 8.08. The van der Waals surface area contributed by atoms with Crippen LogP contribution in [-0.4, -0.2) is 55.0 Å². The standard InChI is InChI=1S/C17H26N2O3S/c1-5-23(21,22)18(4)12-17(20)19-13(2)11-16(14(19)3)15-9-7-6-8-10-15/h6-10,13-14,16H,5,11-12H2,1-4H3. The Bertz CT molecular complexity index is 645. The van der Waals surface area contributed by atoms with Crippen LogP contribution in [0.25, 0.3) is 0 Å². The highest BCUT2D eigenvalue weighted by Crippen LogP contribution is 2.37. The molecule has 0 spiro atoms. The summed E-state index contributed by atoms with van der Waals surface area (Å²) in [5.74, 6) is 0.181. The van der Waals surface area contributed by atoms with Crippen molar-refractivity contribution in [3.8, 4) is 0 Å². The van der Waals surface area contributed by atoms with E-state index in [1.54, 1.807) is 6.92 Å². The largest absolute Gasteiger partial charge is 0.336 e. The minimum atomic E-state index is -3.34. The molecule has 1 heterocycles. The molecule has 1 amide bonds. The third-order valence-electron chi connectivity index (χ3n) is 4.80. The van der Waals surface area contributed by atoms with Gasteiger partial charge in [-0.05, 0) is 32.8 Å². The van der Waals surface area contributed by atoms with E-state index >= 15 is 0 Å². The molecule has 1 aliphatic heterocycles. The van der Waals surface area contributed by atoms with E-state index in [0.29, 0.717) is 5.92 Å². The Kier molecular flexibility index (Phi) is 5.47. The summed E-state index contributed by atoms with van der Waals surface area (Å²) in [6, 6.07) is 10.4. The lowest BCUT2D eigenvalue weighted by Crippen LogP contribution is -2.46. The molecular formula is C17H26N2O3S. The van der Waals surface area contributed by atoms with E-state index in [9.17, 15) is 13.2 Å². The number of carbonyl (C=O) groups excluding carboxylic acids is 1. The van der Waals surface area contributed by atoms with Crippen LogP contribution < -0.4 is 0 Å². The maximum Gasteiger partial charge on any atom is 0.238 e. The molecule has 1 fully saturated rings. The van der Waals surface area contributed by atoms with Gasteiger partial charge in [0, 0.05) is 25.0 Å². The van der Waals surface area contributed by atoms with E-state index < -0.39 is 10.0 Å². The van der Waals surface area contributed by atoms with Crippen LogP contribution in [0.4, 0.5) is 0 Å². The van der Waals surface area contributed by atoms with Crippen molar-refractivity contribution in [1.29, 1.82) is 0 Å². The molecule has 1 aromatic carbocycles. The molecule has 1 aromatic rings. The molecular weight excluding hydrogens is 312 g/mol. The molecule has 0 aromatic heterocycles. The van der Waals surface area contributed by atoms with Gasteiger partial charge in [0.25, 0.3) is 0 Å². The van der Waals surface area contributed by atoms with Crippen molar-refractivity contribution in [3.63, 3.8) is 0 Å². The lowest BCUT2D eigenvalue weighted by molar-refractivity contribution is -0.133. The molecule has 23 heavy (non-hydrogen) atoms. The Labute approximate surface area is 139 Å². The van der Waals surface area contributed by atoms with Crippen molar-refractivity contribution >= 4 is 15.9 Å². The minimum absolute atomic E-state index is 0.00846. The van der Waals surface area contributed by atoms with Gasteiger partial charge in [-0.1, -0.05) is 30.3 Å². The summed E-state index contributed by atoms with van der Waals surface area (Å²) in [5.41, 5.74) is 1.23. The SMILES string of the molecule is CCS(=O)(=O)N(C)CC(=O)N1C(C)CC(c2ccccc2)C1C. The summed E-state index contributed by atoms with van der Waals surface area (Å²) in [4.78, 5) is 14.5. The van der Waals surface area contributed by atoms with Crippen molar-refractivity contribution in [2.24, 2.45) is 0 Å². The van der Waals surface area contributed by atoms with Gasteiger partial charge >= 0.3 is 0 Å². The van der Waals surface area contributed by atoms with E-state index in [4.69, 9.17) is 0 Å². The summed E-state index contributed by atoms with van der Waals surface area (Å²) < 4.78 is 24.9. The molecule has 6 heteroatoms. The Morgan fingerprint density at radius 1 is 1.26 bits per heavy atom. The summed E-state index contributed by atoms with van der Waals surface area (Å²) in [5, 5.41) is 0. The number of likely N-dealkylation sites (tertiary alicyclic amines) is 1. The van der Waals surface area contributed by atoms with E-state index in [-0.39, 0.29) is 30.3 Å². The molecule has 0 N–H and O–H groups in total. The first-order valence-corrected chi connectivity index (χ1v) is 9.69. The average Bonchev–Trinajstić information content (AvgIpc) is 2.82. The number of nitrogens with zero attached hydrogens (tertiary/aromatic N) is 2. The Morgan fingerprint density at radius 3 is 2.43 bits per heavy atom. The molecule has 0 bridgehead atoms. The molecule has 5 nitrogen and oxygen atoms in total. The summed E-state index contributed by atoms with van der Waals surface area (Å²) in [6.07, 6.45) is 0.904. The summed E-state index contributed by atoms with van der Waals surface area (Å²) >= 11 is 0. The van der Waals surface area contributed by atoms with E-state index in [1.807, 2.05) is 36.9 Å². The van der Waals surface area contributed by atoms with Crippen LogP contribution in [0.5, 0.6) is 0 Å². The van der Waals surface area contributed by atoms with E-state index in [0.717, 1.165) is 10.7 Å². The fraction of sp³-hybridized carbons (Fsp3) is 0.588. The maximum atomic E-state index is 12.6. The van der Waals surface area contributed by atoms with Gasteiger partial charge in [-0.25, -0.2) is 8.42 Å². The number of carbonyl (C=O) groups is 1. The van der Waals surface area contributed by atoms with Crippen molar-refractivity contribution in [2.75, 3.05) is 19.3 Å². The summed E-state index contributed by atoms with van der Waals surface area (Å²) in [7, 11) is -1.87. The normalized spacial score (nSPS) is 25.1. The molecule has 0 saturated carbocycles. The highest BCUT2D eigenvalue weighted by molar-refractivity contribution is 7.89. The van der Waals surface area contributed by atoms with Gasteiger partial charge in [-0.3, -0.25) is 4.79 Å². The number of amides is 1. The fourth-order valence-electron chi connectivity index (χ4n) is 3.45. The molecule has 0 aliphatic carbocycles. The van der Waals surface area contributed by atoms with Crippen LogP contribution >= 0.6 is 0 Å². The van der Waals surface area contributed by atoms with Gasteiger partial charge in [0.05, 0.1) is 12.3 Å². The number of benzene rings is 1. The number of likely N-dealkylation sites (N-methyl/N-ethyl adjacent to an activating group) is 1. The molecule has 2 rings (SSSR count). The quantitative estimate of drug-likeness (QED) is 0.826. The topological polar surface area (TPSA) is 57.7 Å². The zero-order valence-electron chi connectivity index (χ0n) is 14.3. The minimum Gasteiger partial charge on any atom is -0.336 e. The zero-order valence-corrected chi connectivity index (χ0v) is 15.1. The Balaban J connectivity index is 2.12. The van der Waals surface area contributed by atoms with Gasteiger partial charge in [0.2, 0.25) is 15.9 Å². The van der Waals surface area contributed by atoms with Crippen LogP contribution in [-0.2, 0) is 14.8 Å². The predicted octanol–water partition coefficient (Wildman–Crippen LogP) is 2.06.